The molecule has 0 aliphatic rings. The zero-order valence-electron chi connectivity index (χ0n) is 24.1. The molecule has 3 rings (SSSR count). The zero-order chi connectivity index (χ0) is 26.4. The summed E-state index contributed by atoms with van der Waals surface area (Å²) in [5, 5.41) is 10.4. The van der Waals surface area contributed by atoms with Crippen LogP contribution >= 0.6 is 11.3 Å². The number of ether oxygens (including phenoxy) is 1. The molecule has 0 radical (unpaired) electrons. The number of halogens is 3. The Morgan fingerprint density at radius 1 is 1.16 bits per heavy atom. The van der Waals surface area contributed by atoms with E-state index in [2.05, 4.69) is 4.98 Å². The second-order valence-corrected chi connectivity index (χ2v) is 9.04. The van der Waals surface area contributed by atoms with Crippen molar-refractivity contribution in [3.8, 4) is 11.3 Å². The minimum atomic E-state index is -1.32. The fraction of sp³-hybridized carbons (Fsp3) is 0.296. The van der Waals surface area contributed by atoms with Gasteiger partial charge in [0.2, 0.25) is 5.78 Å². The molecule has 0 aliphatic heterocycles. The largest absolute Gasteiger partial charge is 1.00 e. The van der Waals surface area contributed by atoms with Gasteiger partial charge in [0.05, 0.1) is 11.8 Å². The van der Waals surface area contributed by atoms with E-state index in [9.17, 15) is 18.4 Å². The maximum Gasteiger partial charge on any atom is 1.00 e. The number of carbonyl (C=O) groups excluding carboxylic acids is 1. The number of benzene rings is 2. The number of carboxylic acid groups (broad SMARTS) is 1. The maximum absolute atomic E-state index is 15.4. The number of aromatic nitrogens is 1. The number of ketones is 1. The molecule has 0 fully saturated rings. The Balaban J connectivity index is 0. The Labute approximate surface area is 271 Å². The van der Waals surface area contributed by atoms with Gasteiger partial charge >= 0.3 is 65.1 Å². The third kappa shape index (κ3) is 8.35. The molecule has 1 N–H and O–H groups in total. The van der Waals surface area contributed by atoms with E-state index in [0.717, 1.165) is 42.4 Å². The first kappa shape index (κ1) is 34.7. The monoisotopic (exact) mass is 565 g/mol. The van der Waals surface area contributed by atoms with Crippen molar-refractivity contribution in [1.82, 2.24) is 4.98 Å². The summed E-state index contributed by atoms with van der Waals surface area (Å²) in [7, 11) is 0. The Bertz CT molecular complexity index is 1300. The number of thiazole rings is 1. The van der Waals surface area contributed by atoms with Gasteiger partial charge in [-0.25, -0.2) is 22.9 Å². The second kappa shape index (κ2) is 16.1. The van der Waals surface area contributed by atoms with Crippen LogP contribution in [-0.2, 0) is 9.53 Å². The molecular formula is C27H28F3NNa2O4S. The van der Waals surface area contributed by atoms with Gasteiger partial charge in [0, 0.05) is 39.8 Å². The number of aliphatic carboxylic acids is 1. The second-order valence-electron chi connectivity index (χ2n) is 8.18. The first-order valence-electron chi connectivity index (χ1n) is 11.5. The van der Waals surface area contributed by atoms with Gasteiger partial charge in [0.1, 0.15) is 17.5 Å². The van der Waals surface area contributed by atoms with Gasteiger partial charge < -0.3 is 12.7 Å². The molecule has 0 amide bonds. The maximum atomic E-state index is 15.4. The molecule has 0 aliphatic carbocycles. The van der Waals surface area contributed by atoms with Gasteiger partial charge in [0.15, 0.2) is 5.01 Å². The summed E-state index contributed by atoms with van der Waals surface area (Å²) in [4.78, 5) is 28.1. The predicted molar refractivity (Wildman–Crippen MR) is 135 cm³/mol. The first-order valence-corrected chi connectivity index (χ1v) is 12.4. The molecule has 1 unspecified atom stereocenters. The van der Waals surface area contributed by atoms with Crippen molar-refractivity contribution in [2.45, 2.75) is 46.1 Å². The van der Waals surface area contributed by atoms with E-state index in [4.69, 9.17) is 9.84 Å². The summed E-state index contributed by atoms with van der Waals surface area (Å²) in [6, 6.07) is 6.55. The Hall–Kier alpha value is -1.30. The number of nitrogens with zero attached hydrogens (tertiary/aromatic N) is 1. The molecule has 5 nitrogen and oxygen atoms in total. The first-order chi connectivity index (χ1) is 17.2. The van der Waals surface area contributed by atoms with Crippen LogP contribution in [0.1, 0.15) is 75.5 Å². The Morgan fingerprint density at radius 2 is 1.82 bits per heavy atom. The summed E-state index contributed by atoms with van der Waals surface area (Å²) in [6.07, 6.45) is 2.85. The van der Waals surface area contributed by atoms with E-state index < -0.39 is 40.9 Å². The molecule has 0 bridgehead atoms. The molecular weight excluding hydrogens is 537 g/mol. The number of carbonyl (C=O) groups is 2. The van der Waals surface area contributed by atoms with Crippen LogP contribution in [0.5, 0.6) is 0 Å². The van der Waals surface area contributed by atoms with Gasteiger partial charge in [0.25, 0.3) is 0 Å². The van der Waals surface area contributed by atoms with Crippen LogP contribution in [0, 0.1) is 17.5 Å². The molecule has 1 aromatic heterocycles. The van der Waals surface area contributed by atoms with E-state index >= 15 is 4.39 Å². The van der Waals surface area contributed by atoms with Crippen LogP contribution in [0.25, 0.3) is 17.3 Å². The summed E-state index contributed by atoms with van der Waals surface area (Å²) in [5.41, 5.74) is -0.290. The smallest absolute Gasteiger partial charge is 1.00 e. The predicted octanol–water partition coefficient (Wildman–Crippen LogP) is 1.45. The van der Waals surface area contributed by atoms with E-state index in [0.29, 0.717) is 18.6 Å². The summed E-state index contributed by atoms with van der Waals surface area (Å²) in [6.45, 7) is 5.67. The molecule has 11 heteroatoms. The molecule has 0 saturated carbocycles. The average molecular weight is 566 g/mol. The molecule has 3 aromatic rings. The molecule has 1 atom stereocenters. The van der Waals surface area contributed by atoms with Crippen molar-refractivity contribution in [1.29, 1.82) is 0 Å². The quantitative estimate of drug-likeness (QED) is 0.165. The molecule has 194 valence electrons. The van der Waals surface area contributed by atoms with Crippen molar-refractivity contribution >= 4 is 29.2 Å². The van der Waals surface area contributed by atoms with E-state index in [1.165, 1.54) is 12.3 Å². The Kier molecular flexibility index (Phi) is 14.7. The van der Waals surface area contributed by atoms with Crippen LogP contribution in [0.3, 0.4) is 0 Å². The van der Waals surface area contributed by atoms with Gasteiger partial charge in [-0.3, -0.25) is 4.79 Å². The molecule has 2 aromatic carbocycles. The number of hydrogen-bond acceptors (Lipinski definition) is 5. The van der Waals surface area contributed by atoms with E-state index in [1.807, 2.05) is 13.8 Å². The minimum Gasteiger partial charge on any atom is -1.00 e. The van der Waals surface area contributed by atoms with Gasteiger partial charge in [-0.2, -0.15) is 0 Å². The van der Waals surface area contributed by atoms with Crippen LogP contribution < -0.4 is 59.1 Å². The summed E-state index contributed by atoms with van der Waals surface area (Å²) < 4.78 is 50.2. The Morgan fingerprint density at radius 3 is 2.39 bits per heavy atom. The van der Waals surface area contributed by atoms with Crippen LogP contribution in [0.2, 0.25) is 0 Å². The fourth-order valence-corrected chi connectivity index (χ4v) is 4.33. The zero-order valence-corrected chi connectivity index (χ0v) is 26.9. The molecule has 0 spiro atoms. The topological polar surface area (TPSA) is 76.5 Å². The molecule has 38 heavy (non-hydrogen) atoms. The van der Waals surface area contributed by atoms with Crippen molar-refractivity contribution in [2.75, 3.05) is 6.61 Å². The van der Waals surface area contributed by atoms with E-state index in [1.54, 1.807) is 18.2 Å². The standard InChI is InChI=1S/C27H26F3NO4S.2Na.2H/c1-4-6-10-35-23(5-2)18-9-7-8-17(24(18)30)22-14-36-26(31-22)25(32)16-12-20(28)19(21(29)13-16)11-15(3)27(33)34;;;;/h7-9,11-14,23H,4-6,10H2,1-3H3,(H,33,34);;;;/q;2*+1;2*-1/b15-11+;;;;. The van der Waals surface area contributed by atoms with E-state index in [-0.39, 0.29) is 89.4 Å². The van der Waals surface area contributed by atoms with Crippen molar-refractivity contribution in [3.05, 3.63) is 80.4 Å². The summed E-state index contributed by atoms with van der Waals surface area (Å²) in [5.74, 6) is -4.71. The fourth-order valence-electron chi connectivity index (χ4n) is 3.55. The number of unbranched alkanes of at least 4 members (excludes halogenated alkanes) is 1. The number of rotatable bonds is 11. The van der Waals surface area contributed by atoms with Crippen LogP contribution in [-0.4, -0.2) is 28.4 Å². The summed E-state index contributed by atoms with van der Waals surface area (Å²) >= 11 is 0.930. The molecule has 1 heterocycles. The van der Waals surface area contributed by atoms with Crippen molar-refractivity contribution in [3.63, 3.8) is 0 Å². The molecule has 0 saturated heterocycles. The SMILES string of the molecule is CCCCOC(CC)c1cccc(-c2csc(C(=O)c3cc(F)c(/C=C(\C)C(=O)O)c(F)c3)n2)c1F.[H-].[H-].[Na+].[Na+]. The van der Waals surface area contributed by atoms with Gasteiger partial charge in [-0.1, -0.05) is 32.4 Å². The van der Waals surface area contributed by atoms with Crippen LogP contribution in [0.4, 0.5) is 13.2 Å². The normalized spacial score (nSPS) is 11.9. The minimum absolute atomic E-state index is 0. The van der Waals surface area contributed by atoms with Gasteiger partial charge in [-0.05, 0) is 44.0 Å². The van der Waals surface area contributed by atoms with Crippen molar-refractivity contribution < 1.29 is 94.6 Å². The average Bonchev–Trinajstić information content (AvgIpc) is 3.34. The number of carboxylic acids is 1. The third-order valence-electron chi connectivity index (χ3n) is 5.58. The van der Waals surface area contributed by atoms with Crippen LogP contribution in [0.15, 0.2) is 41.3 Å². The van der Waals surface area contributed by atoms with Crippen molar-refractivity contribution in [2.24, 2.45) is 0 Å². The third-order valence-corrected chi connectivity index (χ3v) is 6.42. The number of hydrogen-bond donors (Lipinski definition) is 1. The van der Waals surface area contributed by atoms with Gasteiger partial charge in [-0.15, -0.1) is 11.3 Å².